The Morgan fingerprint density at radius 2 is 2.04 bits per heavy atom. The monoisotopic (exact) mass is 373 g/mol. The Labute approximate surface area is 154 Å². The van der Waals surface area contributed by atoms with Gasteiger partial charge in [0.1, 0.15) is 5.75 Å². The summed E-state index contributed by atoms with van der Waals surface area (Å²) in [7, 11) is -2.03. The van der Waals surface area contributed by atoms with Crippen LogP contribution in [0.25, 0.3) is 0 Å². The predicted octanol–water partition coefficient (Wildman–Crippen LogP) is 2.17. The summed E-state index contributed by atoms with van der Waals surface area (Å²) < 4.78 is 32.8. The zero-order valence-electron chi connectivity index (χ0n) is 14.7. The second kappa shape index (κ2) is 6.90. The first-order valence-electron chi connectivity index (χ1n) is 8.80. The summed E-state index contributed by atoms with van der Waals surface area (Å²) in [6.07, 6.45) is 1.08. The van der Waals surface area contributed by atoms with Gasteiger partial charge < -0.3 is 15.4 Å². The molecule has 0 spiro atoms. The minimum Gasteiger partial charge on any atom is -0.497 e. The number of hydrogen-bond donors (Lipinski definition) is 2. The standard InChI is InChI=1S/C19H23N3O3S/c1-25-16-5-3-6-17(10-16)26(23,24)22-12-14-4-2-7-19(18(14)13-22)21-15-8-9-20-11-15/h2-7,10,15,20-21H,8-9,11-13H2,1H3. The van der Waals surface area contributed by atoms with Crippen molar-refractivity contribution < 1.29 is 13.2 Å². The Balaban J connectivity index is 1.59. The molecule has 4 rings (SSSR count). The molecule has 1 unspecified atom stereocenters. The van der Waals surface area contributed by atoms with E-state index in [0.717, 1.165) is 36.3 Å². The molecule has 2 N–H and O–H groups in total. The van der Waals surface area contributed by atoms with Crippen LogP contribution in [0.4, 0.5) is 5.69 Å². The van der Waals surface area contributed by atoms with Gasteiger partial charge in [-0.25, -0.2) is 8.42 Å². The lowest BCUT2D eigenvalue weighted by atomic mass is 10.1. The Hall–Kier alpha value is -2.09. The van der Waals surface area contributed by atoms with Crippen LogP contribution in [0.2, 0.25) is 0 Å². The van der Waals surface area contributed by atoms with Crippen molar-refractivity contribution in [2.24, 2.45) is 0 Å². The van der Waals surface area contributed by atoms with E-state index >= 15 is 0 Å². The summed E-state index contributed by atoms with van der Waals surface area (Å²) in [5, 5.41) is 6.91. The van der Waals surface area contributed by atoms with E-state index in [9.17, 15) is 8.42 Å². The molecule has 1 fully saturated rings. The van der Waals surface area contributed by atoms with Crippen molar-refractivity contribution in [2.75, 3.05) is 25.5 Å². The first kappa shape index (κ1) is 17.3. The smallest absolute Gasteiger partial charge is 0.243 e. The van der Waals surface area contributed by atoms with Gasteiger partial charge in [-0.05, 0) is 42.3 Å². The van der Waals surface area contributed by atoms with Gasteiger partial charge in [0.25, 0.3) is 0 Å². The van der Waals surface area contributed by atoms with E-state index in [1.54, 1.807) is 24.3 Å². The van der Waals surface area contributed by atoms with E-state index in [4.69, 9.17) is 4.74 Å². The number of benzene rings is 2. The van der Waals surface area contributed by atoms with E-state index in [0.29, 0.717) is 24.9 Å². The van der Waals surface area contributed by atoms with E-state index in [1.165, 1.54) is 11.4 Å². The summed E-state index contributed by atoms with van der Waals surface area (Å²) in [4.78, 5) is 0.263. The molecule has 0 amide bonds. The Morgan fingerprint density at radius 1 is 1.19 bits per heavy atom. The quantitative estimate of drug-likeness (QED) is 0.841. The Morgan fingerprint density at radius 3 is 2.81 bits per heavy atom. The molecule has 6 nitrogen and oxygen atoms in total. The van der Waals surface area contributed by atoms with E-state index < -0.39 is 10.0 Å². The average Bonchev–Trinajstić information content (AvgIpc) is 3.32. The van der Waals surface area contributed by atoms with Crippen LogP contribution in [0.5, 0.6) is 5.75 Å². The third-order valence-electron chi connectivity index (χ3n) is 5.05. The second-order valence-electron chi connectivity index (χ2n) is 6.73. The van der Waals surface area contributed by atoms with Gasteiger partial charge in [-0.2, -0.15) is 4.31 Å². The maximum atomic E-state index is 13.1. The molecule has 0 radical (unpaired) electrons. The number of methoxy groups -OCH3 is 1. The first-order chi connectivity index (χ1) is 12.6. The molecule has 1 saturated heterocycles. The molecule has 138 valence electrons. The maximum absolute atomic E-state index is 13.1. The third-order valence-corrected chi connectivity index (χ3v) is 6.84. The van der Waals surface area contributed by atoms with Gasteiger partial charge in [0.05, 0.1) is 12.0 Å². The molecule has 2 aromatic carbocycles. The number of sulfonamides is 1. The van der Waals surface area contributed by atoms with Gasteiger partial charge in [0.15, 0.2) is 0 Å². The molecule has 1 atom stereocenters. The van der Waals surface area contributed by atoms with Gasteiger partial charge in [-0.15, -0.1) is 0 Å². The molecular formula is C19H23N3O3S. The highest BCUT2D eigenvalue weighted by Gasteiger charge is 2.32. The van der Waals surface area contributed by atoms with Gasteiger partial charge >= 0.3 is 0 Å². The van der Waals surface area contributed by atoms with Crippen LogP contribution in [0.1, 0.15) is 17.5 Å². The summed E-state index contributed by atoms with van der Waals surface area (Å²) in [6.45, 7) is 2.74. The summed E-state index contributed by atoms with van der Waals surface area (Å²) in [6, 6.07) is 13.1. The molecule has 0 saturated carbocycles. The topological polar surface area (TPSA) is 70.7 Å². The van der Waals surface area contributed by atoms with Gasteiger partial charge in [0.2, 0.25) is 10.0 Å². The van der Waals surface area contributed by atoms with Crippen molar-refractivity contribution in [1.29, 1.82) is 0 Å². The van der Waals surface area contributed by atoms with Crippen molar-refractivity contribution in [3.8, 4) is 5.75 Å². The lowest BCUT2D eigenvalue weighted by molar-refractivity contribution is 0.411. The van der Waals surface area contributed by atoms with Crippen LogP contribution in [-0.4, -0.2) is 39.0 Å². The molecule has 26 heavy (non-hydrogen) atoms. The highest BCUT2D eigenvalue weighted by molar-refractivity contribution is 7.89. The number of nitrogens with zero attached hydrogens (tertiary/aromatic N) is 1. The third kappa shape index (κ3) is 3.18. The van der Waals surface area contributed by atoms with Gasteiger partial charge in [0, 0.05) is 37.4 Å². The normalized spacial score (nSPS) is 20.1. The fourth-order valence-electron chi connectivity index (χ4n) is 3.61. The molecule has 2 aromatic rings. The number of ether oxygens (including phenoxy) is 1. The molecule has 0 aliphatic carbocycles. The van der Waals surface area contributed by atoms with Crippen molar-refractivity contribution in [3.63, 3.8) is 0 Å². The minimum absolute atomic E-state index is 0.263. The maximum Gasteiger partial charge on any atom is 0.243 e. The summed E-state index contributed by atoms with van der Waals surface area (Å²) in [5.74, 6) is 0.541. The van der Waals surface area contributed by atoms with Crippen molar-refractivity contribution in [2.45, 2.75) is 30.4 Å². The highest BCUT2D eigenvalue weighted by Crippen LogP contribution is 2.34. The van der Waals surface area contributed by atoms with Crippen LogP contribution in [0.3, 0.4) is 0 Å². The first-order valence-corrected chi connectivity index (χ1v) is 10.2. The molecule has 7 heteroatoms. The van der Waals surface area contributed by atoms with Gasteiger partial charge in [-0.3, -0.25) is 0 Å². The fraction of sp³-hybridized carbons (Fsp3) is 0.368. The van der Waals surface area contributed by atoms with E-state index in [2.05, 4.69) is 10.6 Å². The zero-order chi connectivity index (χ0) is 18.1. The zero-order valence-corrected chi connectivity index (χ0v) is 15.6. The SMILES string of the molecule is COc1cccc(S(=O)(=O)N2Cc3cccc(NC4CCNC4)c3C2)c1. The van der Waals surface area contributed by atoms with Crippen molar-refractivity contribution in [1.82, 2.24) is 9.62 Å². The van der Waals surface area contributed by atoms with E-state index in [1.807, 2.05) is 18.2 Å². The largest absolute Gasteiger partial charge is 0.497 e. The highest BCUT2D eigenvalue weighted by atomic mass is 32.2. The van der Waals surface area contributed by atoms with Crippen molar-refractivity contribution >= 4 is 15.7 Å². The van der Waals surface area contributed by atoms with Crippen LogP contribution in [0.15, 0.2) is 47.4 Å². The van der Waals surface area contributed by atoms with Crippen LogP contribution < -0.4 is 15.4 Å². The predicted molar refractivity (Wildman–Crippen MR) is 101 cm³/mol. The molecular weight excluding hydrogens is 350 g/mol. The second-order valence-corrected chi connectivity index (χ2v) is 8.67. The number of anilines is 1. The lowest BCUT2D eigenvalue weighted by Gasteiger charge is -2.17. The molecule has 0 bridgehead atoms. The van der Waals surface area contributed by atoms with E-state index in [-0.39, 0.29) is 4.90 Å². The Kier molecular flexibility index (Phi) is 4.60. The molecule has 2 aliphatic heterocycles. The number of rotatable bonds is 5. The summed E-state index contributed by atoms with van der Waals surface area (Å²) >= 11 is 0. The number of nitrogens with one attached hydrogen (secondary N) is 2. The average molecular weight is 373 g/mol. The van der Waals surface area contributed by atoms with Crippen LogP contribution >= 0.6 is 0 Å². The van der Waals surface area contributed by atoms with Crippen LogP contribution in [0, 0.1) is 0 Å². The van der Waals surface area contributed by atoms with Gasteiger partial charge in [-0.1, -0.05) is 18.2 Å². The lowest BCUT2D eigenvalue weighted by Crippen LogP contribution is -2.26. The number of fused-ring (bicyclic) bond motifs is 1. The van der Waals surface area contributed by atoms with Crippen LogP contribution in [-0.2, 0) is 23.1 Å². The fourth-order valence-corrected chi connectivity index (χ4v) is 5.03. The van der Waals surface area contributed by atoms with Crippen molar-refractivity contribution in [3.05, 3.63) is 53.6 Å². The summed E-state index contributed by atoms with van der Waals surface area (Å²) in [5.41, 5.74) is 3.18. The molecule has 0 aromatic heterocycles. The number of hydrogen-bond acceptors (Lipinski definition) is 5. The molecule has 2 aliphatic rings. The Bertz CT molecular complexity index is 908. The molecule has 2 heterocycles. The minimum atomic E-state index is -3.57.